The Balaban J connectivity index is 2.56. The molecule has 0 saturated carbocycles. The fourth-order valence-corrected chi connectivity index (χ4v) is 1.89. The van der Waals surface area contributed by atoms with Crippen LogP contribution in [0.1, 0.15) is 15.9 Å². The Labute approximate surface area is 111 Å². The van der Waals surface area contributed by atoms with Gasteiger partial charge in [-0.25, -0.2) is 8.78 Å². The zero-order valence-corrected chi connectivity index (χ0v) is 10.7. The molecule has 0 radical (unpaired) electrons. The minimum atomic E-state index is -0.914. The molecule has 0 amide bonds. The summed E-state index contributed by atoms with van der Waals surface area (Å²) < 4.78 is 27.4. The summed E-state index contributed by atoms with van der Waals surface area (Å²) in [5, 5.41) is 0. The van der Waals surface area contributed by atoms with Crippen molar-refractivity contribution in [2.24, 2.45) is 0 Å². The molecule has 2 N–H and O–H groups in total. The monoisotopic (exact) mass is 311 g/mol. The van der Waals surface area contributed by atoms with E-state index >= 15 is 0 Å². The van der Waals surface area contributed by atoms with E-state index in [2.05, 4.69) is 15.9 Å². The molecule has 0 aliphatic heterocycles. The Morgan fingerprint density at radius 2 is 1.89 bits per heavy atom. The lowest BCUT2D eigenvalue weighted by atomic mass is 10.0. The molecule has 2 nitrogen and oxygen atoms in total. The van der Waals surface area contributed by atoms with E-state index in [4.69, 9.17) is 5.73 Å². The van der Waals surface area contributed by atoms with Gasteiger partial charge >= 0.3 is 0 Å². The third kappa shape index (κ3) is 2.26. The molecule has 0 heterocycles. The first-order valence-electron chi connectivity index (χ1n) is 5.04. The Morgan fingerprint density at radius 1 is 1.17 bits per heavy atom. The smallest absolute Gasteiger partial charge is 0.199 e. The number of carbonyl (C=O) groups excluding carboxylic acids is 1. The molecule has 0 saturated heterocycles. The number of carbonyl (C=O) groups is 1. The number of ketones is 1. The van der Waals surface area contributed by atoms with Crippen LogP contribution >= 0.6 is 15.9 Å². The molecule has 2 rings (SSSR count). The number of hydrogen-bond acceptors (Lipinski definition) is 2. The van der Waals surface area contributed by atoms with Crippen LogP contribution in [0, 0.1) is 11.6 Å². The number of nitrogen functional groups attached to an aromatic ring is 1. The molecule has 92 valence electrons. The van der Waals surface area contributed by atoms with Gasteiger partial charge in [-0.1, -0.05) is 12.1 Å². The third-order valence-electron chi connectivity index (χ3n) is 2.42. The van der Waals surface area contributed by atoms with Crippen LogP contribution in [0.5, 0.6) is 0 Å². The van der Waals surface area contributed by atoms with Gasteiger partial charge in [-0.2, -0.15) is 0 Å². The van der Waals surface area contributed by atoms with Gasteiger partial charge in [0.15, 0.2) is 11.6 Å². The number of nitrogens with two attached hydrogens (primary N) is 1. The fraction of sp³-hybridized carbons (Fsp3) is 0. The Hall–Kier alpha value is -1.75. The van der Waals surface area contributed by atoms with Crippen LogP contribution in [0.25, 0.3) is 0 Å². The second-order valence-corrected chi connectivity index (χ2v) is 4.53. The van der Waals surface area contributed by atoms with Crippen molar-refractivity contribution in [2.45, 2.75) is 0 Å². The van der Waals surface area contributed by atoms with Crippen molar-refractivity contribution in [3.63, 3.8) is 0 Å². The van der Waals surface area contributed by atoms with E-state index in [0.717, 1.165) is 6.07 Å². The minimum absolute atomic E-state index is 0.0381. The van der Waals surface area contributed by atoms with Crippen LogP contribution in [0.15, 0.2) is 40.9 Å². The summed E-state index contributed by atoms with van der Waals surface area (Å²) in [5.74, 6) is -2.55. The average Bonchev–Trinajstić information content (AvgIpc) is 2.34. The van der Waals surface area contributed by atoms with E-state index in [9.17, 15) is 13.6 Å². The van der Waals surface area contributed by atoms with Crippen molar-refractivity contribution >= 4 is 27.4 Å². The Kier molecular flexibility index (Phi) is 3.43. The predicted octanol–water partition coefficient (Wildman–Crippen LogP) is 3.54. The summed E-state index contributed by atoms with van der Waals surface area (Å²) in [7, 11) is 0. The van der Waals surface area contributed by atoms with E-state index in [1.165, 1.54) is 18.2 Å². The fourth-order valence-electron chi connectivity index (χ4n) is 1.56. The van der Waals surface area contributed by atoms with Gasteiger partial charge in [0, 0.05) is 11.3 Å². The Morgan fingerprint density at radius 3 is 2.56 bits per heavy atom. The highest BCUT2D eigenvalue weighted by Gasteiger charge is 2.21. The molecule has 2 aromatic carbocycles. The molecule has 0 bridgehead atoms. The van der Waals surface area contributed by atoms with Crippen LogP contribution in [-0.4, -0.2) is 5.78 Å². The van der Waals surface area contributed by atoms with E-state index in [1.54, 1.807) is 12.1 Å². The van der Waals surface area contributed by atoms with Crippen LogP contribution in [0.4, 0.5) is 14.5 Å². The highest BCUT2D eigenvalue weighted by atomic mass is 79.9. The van der Waals surface area contributed by atoms with Crippen molar-refractivity contribution in [2.75, 3.05) is 5.73 Å². The summed E-state index contributed by atoms with van der Waals surface area (Å²) in [6.07, 6.45) is 0. The number of halogens is 3. The van der Waals surface area contributed by atoms with E-state index < -0.39 is 23.0 Å². The molecule has 2 aromatic rings. The summed E-state index contributed by atoms with van der Waals surface area (Å²) in [5.41, 5.74) is 5.45. The van der Waals surface area contributed by atoms with Crippen LogP contribution < -0.4 is 5.73 Å². The van der Waals surface area contributed by atoms with E-state index in [0.29, 0.717) is 5.69 Å². The lowest BCUT2D eigenvalue weighted by Gasteiger charge is -2.06. The van der Waals surface area contributed by atoms with Gasteiger partial charge in [-0.05, 0) is 40.2 Å². The molecule has 18 heavy (non-hydrogen) atoms. The molecular weight excluding hydrogens is 304 g/mol. The number of rotatable bonds is 2. The van der Waals surface area contributed by atoms with E-state index in [-0.39, 0.29) is 10.0 Å². The molecule has 0 aliphatic rings. The standard InChI is InChI=1S/C13H8BrF2NO/c14-9-4-5-10(15)11(12(9)16)13(18)7-2-1-3-8(17)6-7/h1-6H,17H2. The average molecular weight is 312 g/mol. The van der Waals surface area contributed by atoms with Gasteiger partial charge in [0.25, 0.3) is 0 Å². The molecule has 0 aliphatic carbocycles. The summed E-state index contributed by atoms with van der Waals surface area (Å²) >= 11 is 2.92. The first kappa shape index (κ1) is 12.7. The highest BCUT2D eigenvalue weighted by Crippen LogP contribution is 2.24. The second kappa shape index (κ2) is 4.86. The van der Waals surface area contributed by atoms with Crippen molar-refractivity contribution < 1.29 is 13.6 Å². The molecule has 0 fully saturated rings. The van der Waals surface area contributed by atoms with Crippen molar-refractivity contribution in [3.05, 3.63) is 63.6 Å². The van der Waals surface area contributed by atoms with Gasteiger partial charge in [0.2, 0.25) is 0 Å². The van der Waals surface area contributed by atoms with Crippen molar-refractivity contribution in [1.29, 1.82) is 0 Å². The molecule has 0 unspecified atom stereocenters. The summed E-state index contributed by atoms with van der Waals surface area (Å²) in [4.78, 5) is 12.0. The van der Waals surface area contributed by atoms with Crippen LogP contribution in [0.2, 0.25) is 0 Å². The summed E-state index contributed by atoms with van der Waals surface area (Å²) in [6.45, 7) is 0. The molecule has 0 spiro atoms. The zero-order valence-electron chi connectivity index (χ0n) is 9.08. The number of benzene rings is 2. The van der Waals surface area contributed by atoms with Crippen LogP contribution in [0.3, 0.4) is 0 Å². The SMILES string of the molecule is Nc1cccc(C(=O)c2c(F)ccc(Br)c2F)c1. The largest absolute Gasteiger partial charge is 0.399 e. The van der Waals surface area contributed by atoms with E-state index in [1.807, 2.05) is 0 Å². The lowest BCUT2D eigenvalue weighted by molar-refractivity contribution is 0.103. The maximum atomic E-state index is 13.8. The van der Waals surface area contributed by atoms with Crippen LogP contribution in [-0.2, 0) is 0 Å². The predicted molar refractivity (Wildman–Crippen MR) is 68.3 cm³/mol. The van der Waals surface area contributed by atoms with Crippen molar-refractivity contribution in [1.82, 2.24) is 0 Å². The molecule has 5 heteroatoms. The van der Waals surface area contributed by atoms with Gasteiger partial charge in [-0.15, -0.1) is 0 Å². The second-order valence-electron chi connectivity index (χ2n) is 3.67. The van der Waals surface area contributed by atoms with Gasteiger partial charge < -0.3 is 5.73 Å². The lowest BCUT2D eigenvalue weighted by Crippen LogP contribution is -2.08. The Bertz CT molecular complexity index is 628. The maximum absolute atomic E-state index is 13.8. The third-order valence-corrected chi connectivity index (χ3v) is 3.03. The summed E-state index contributed by atoms with van der Waals surface area (Å²) in [6, 6.07) is 8.22. The maximum Gasteiger partial charge on any atom is 0.199 e. The van der Waals surface area contributed by atoms with Gasteiger partial charge in [0.1, 0.15) is 5.82 Å². The number of hydrogen-bond donors (Lipinski definition) is 1. The van der Waals surface area contributed by atoms with Gasteiger partial charge in [0.05, 0.1) is 10.0 Å². The zero-order chi connectivity index (χ0) is 13.3. The number of anilines is 1. The minimum Gasteiger partial charge on any atom is -0.399 e. The topological polar surface area (TPSA) is 43.1 Å². The quantitative estimate of drug-likeness (QED) is 0.523. The molecular formula is C13H8BrF2NO. The highest BCUT2D eigenvalue weighted by molar-refractivity contribution is 9.10. The van der Waals surface area contributed by atoms with Gasteiger partial charge in [-0.3, -0.25) is 4.79 Å². The van der Waals surface area contributed by atoms with Crippen molar-refractivity contribution in [3.8, 4) is 0 Å². The molecule has 0 aromatic heterocycles. The molecule has 0 atom stereocenters. The normalized spacial score (nSPS) is 10.4. The first-order valence-corrected chi connectivity index (χ1v) is 5.83. The first-order chi connectivity index (χ1) is 8.50.